The monoisotopic (exact) mass is 324 g/mol. The second-order valence-electron chi connectivity index (χ2n) is 5.20. The van der Waals surface area contributed by atoms with Gasteiger partial charge in [0.05, 0.1) is 0 Å². The fraction of sp³-hybridized carbons (Fsp3) is 0.235. The molecule has 0 aliphatic heterocycles. The van der Waals surface area contributed by atoms with Crippen molar-refractivity contribution in [1.82, 2.24) is 0 Å². The minimum Gasteiger partial charge on any atom is -0.289 e. The largest absolute Gasteiger partial charge is 0.406 e. The second kappa shape index (κ2) is 6.21. The molecule has 0 aromatic heterocycles. The van der Waals surface area contributed by atoms with Crippen LogP contribution in [0.5, 0.6) is 0 Å². The number of ketones is 1. The Balaban J connectivity index is 2.57. The molecule has 2 aromatic carbocycles. The topological polar surface area (TPSA) is 17.1 Å². The molecule has 5 heteroatoms. The summed E-state index contributed by atoms with van der Waals surface area (Å²) in [4.78, 5) is 12.6. The van der Waals surface area contributed by atoms with Gasteiger partial charge in [-0.1, -0.05) is 36.4 Å². The summed E-state index contributed by atoms with van der Waals surface area (Å²) in [6, 6.07) is 10.3. The number of carbonyl (C=O) groups excluding carboxylic acids is 1. The third kappa shape index (κ3) is 3.56. The van der Waals surface area contributed by atoms with E-state index >= 15 is 0 Å². The van der Waals surface area contributed by atoms with E-state index in [-0.39, 0.29) is 11.1 Å². The van der Waals surface area contributed by atoms with Crippen LogP contribution in [0.15, 0.2) is 36.4 Å². The quantitative estimate of drug-likeness (QED) is 0.592. The maximum Gasteiger partial charge on any atom is 0.406 e. The van der Waals surface area contributed by atoms with Crippen molar-refractivity contribution in [2.24, 2.45) is 0 Å². The van der Waals surface area contributed by atoms with Gasteiger partial charge >= 0.3 is 5.92 Å². The highest BCUT2D eigenvalue weighted by Gasteiger charge is 2.30. The van der Waals surface area contributed by atoms with Crippen LogP contribution in [0.25, 0.3) is 0 Å². The molecule has 0 saturated carbocycles. The molecule has 0 N–H and O–H groups in total. The fourth-order valence-corrected chi connectivity index (χ4v) is 3.47. The first-order valence-electron chi connectivity index (χ1n) is 6.76. The molecule has 2 rings (SSSR count). The number of carbonyl (C=O) groups is 1. The van der Waals surface area contributed by atoms with Gasteiger partial charge < -0.3 is 0 Å². The van der Waals surface area contributed by atoms with Gasteiger partial charge in [-0.2, -0.15) is 13.2 Å². The fourth-order valence-electron chi connectivity index (χ4n) is 2.60. The van der Waals surface area contributed by atoms with Gasteiger partial charge in [0.15, 0.2) is 5.78 Å². The van der Waals surface area contributed by atoms with E-state index in [9.17, 15) is 18.0 Å². The SMILES string of the molecule is Cc1cc(C)c(C(=O)c2ccccc2)c(C)c1PC(F)(F)F. The standard InChI is InChI=1S/C17H16F3OP/c1-10-9-11(2)16(22-17(18,19)20)12(3)14(10)15(21)13-7-5-4-6-8-13/h4-9,22H,1-3H3. The molecule has 0 spiro atoms. The van der Waals surface area contributed by atoms with Gasteiger partial charge in [-0.05, 0) is 42.8 Å². The Morgan fingerprint density at radius 2 is 1.59 bits per heavy atom. The smallest absolute Gasteiger partial charge is 0.289 e. The van der Waals surface area contributed by atoms with Crippen molar-refractivity contribution in [1.29, 1.82) is 0 Å². The maximum absolute atomic E-state index is 12.8. The van der Waals surface area contributed by atoms with E-state index in [4.69, 9.17) is 0 Å². The zero-order valence-electron chi connectivity index (χ0n) is 12.5. The molecule has 0 amide bonds. The minimum absolute atomic E-state index is 0.220. The normalized spacial score (nSPS) is 12.1. The number of aryl methyl sites for hydroxylation is 2. The number of benzene rings is 2. The molecule has 1 unspecified atom stereocenters. The maximum atomic E-state index is 12.8. The Morgan fingerprint density at radius 3 is 2.14 bits per heavy atom. The molecule has 0 aliphatic carbocycles. The van der Waals surface area contributed by atoms with Crippen molar-refractivity contribution >= 4 is 19.7 Å². The van der Waals surface area contributed by atoms with Crippen molar-refractivity contribution in [2.75, 3.05) is 0 Å². The van der Waals surface area contributed by atoms with Crippen molar-refractivity contribution in [3.63, 3.8) is 0 Å². The molecule has 0 saturated heterocycles. The van der Waals surface area contributed by atoms with E-state index in [1.54, 1.807) is 57.2 Å². The Morgan fingerprint density at radius 1 is 1.00 bits per heavy atom. The molecule has 22 heavy (non-hydrogen) atoms. The molecule has 0 heterocycles. The van der Waals surface area contributed by atoms with Crippen LogP contribution in [0.4, 0.5) is 13.2 Å². The molecule has 0 fully saturated rings. The predicted octanol–water partition coefficient (Wildman–Crippen LogP) is 4.67. The number of hydrogen-bond acceptors (Lipinski definition) is 1. The lowest BCUT2D eigenvalue weighted by Crippen LogP contribution is -2.18. The van der Waals surface area contributed by atoms with E-state index < -0.39 is 14.5 Å². The summed E-state index contributed by atoms with van der Waals surface area (Å²) in [7, 11) is -1.30. The summed E-state index contributed by atoms with van der Waals surface area (Å²) >= 11 is 0. The first-order valence-corrected chi connectivity index (χ1v) is 7.76. The van der Waals surface area contributed by atoms with Crippen molar-refractivity contribution < 1.29 is 18.0 Å². The number of hydrogen-bond donors (Lipinski definition) is 0. The van der Waals surface area contributed by atoms with Crippen LogP contribution in [-0.4, -0.2) is 11.7 Å². The highest BCUT2D eigenvalue weighted by atomic mass is 31.1. The molecular weight excluding hydrogens is 308 g/mol. The van der Waals surface area contributed by atoms with Gasteiger partial charge in [-0.25, -0.2) is 0 Å². The molecule has 2 aromatic rings. The van der Waals surface area contributed by atoms with Crippen molar-refractivity contribution in [3.05, 3.63) is 64.2 Å². The van der Waals surface area contributed by atoms with Crippen LogP contribution in [0.3, 0.4) is 0 Å². The zero-order chi connectivity index (χ0) is 16.5. The average molecular weight is 324 g/mol. The van der Waals surface area contributed by atoms with Crippen LogP contribution >= 0.6 is 8.58 Å². The highest BCUT2D eigenvalue weighted by Crippen LogP contribution is 2.38. The van der Waals surface area contributed by atoms with E-state index in [1.165, 1.54) is 0 Å². The van der Waals surface area contributed by atoms with E-state index in [2.05, 4.69) is 0 Å². The van der Waals surface area contributed by atoms with Crippen LogP contribution in [-0.2, 0) is 0 Å². The van der Waals surface area contributed by atoms with Crippen LogP contribution in [0.2, 0.25) is 0 Å². The van der Waals surface area contributed by atoms with Gasteiger partial charge in [-0.3, -0.25) is 4.79 Å². The van der Waals surface area contributed by atoms with Gasteiger partial charge in [0.2, 0.25) is 0 Å². The molecule has 1 nitrogen and oxygen atoms in total. The Kier molecular flexibility index (Phi) is 4.72. The summed E-state index contributed by atoms with van der Waals surface area (Å²) < 4.78 is 38.4. The van der Waals surface area contributed by atoms with E-state index in [0.717, 1.165) is 0 Å². The lowest BCUT2D eigenvalue weighted by atomic mass is 9.93. The molecule has 0 bridgehead atoms. The molecule has 0 aliphatic rings. The Bertz CT molecular complexity index is 706. The lowest BCUT2D eigenvalue weighted by Gasteiger charge is -2.18. The molecular formula is C17H16F3OP. The van der Waals surface area contributed by atoms with Crippen LogP contribution < -0.4 is 5.30 Å². The van der Waals surface area contributed by atoms with Crippen molar-refractivity contribution in [3.8, 4) is 0 Å². The van der Waals surface area contributed by atoms with Crippen LogP contribution in [0.1, 0.15) is 32.6 Å². The van der Waals surface area contributed by atoms with E-state index in [0.29, 0.717) is 27.8 Å². The first-order chi connectivity index (χ1) is 10.2. The molecule has 116 valence electrons. The highest BCUT2D eigenvalue weighted by molar-refractivity contribution is 7.48. The zero-order valence-corrected chi connectivity index (χ0v) is 13.5. The van der Waals surface area contributed by atoms with Crippen LogP contribution in [0, 0.1) is 20.8 Å². The van der Waals surface area contributed by atoms with Gasteiger partial charge in [0.25, 0.3) is 0 Å². The second-order valence-corrected chi connectivity index (χ2v) is 6.52. The molecule has 1 atom stereocenters. The summed E-state index contributed by atoms with van der Waals surface area (Å²) in [5.41, 5.74) is 2.58. The van der Waals surface area contributed by atoms with E-state index in [1.807, 2.05) is 0 Å². The lowest BCUT2D eigenvalue weighted by molar-refractivity contribution is -0.0360. The summed E-state index contributed by atoms with van der Waals surface area (Å²) in [6.45, 7) is 5.02. The Labute approximate surface area is 129 Å². The molecule has 0 radical (unpaired) electrons. The van der Waals surface area contributed by atoms with Gasteiger partial charge in [0.1, 0.15) is 0 Å². The summed E-state index contributed by atoms with van der Waals surface area (Å²) in [6.07, 6.45) is 0. The summed E-state index contributed by atoms with van der Waals surface area (Å²) in [5, 5.41) is 0.220. The predicted molar refractivity (Wildman–Crippen MR) is 84.5 cm³/mol. The first kappa shape index (κ1) is 16.7. The van der Waals surface area contributed by atoms with Gasteiger partial charge in [0, 0.05) is 19.7 Å². The summed E-state index contributed by atoms with van der Waals surface area (Å²) in [5.74, 6) is -4.50. The van der Waals surface area contributed by atoms with Crippen molar-refractivity contribution in [2.45, 2.75) is 26.7 Å². The number of alkyl halides is 3. The third-order valence-electron chi connectivity index (χ3n) is 3.50. The average Bonchev–Trinajstić information content (AvgIpc) is 2.43. The van der Waals surface area contributed by atoms with Gasteiger partial charge in [-0.15, -0.1) is 0 Å². The number of halogens is 3. The number of rotatable bonds is 3. The third-order valence-corrected chi connectivity index (χ3v) is 4.80. The minimum atomic E-state index is -4.27. The Hall–Kier alpha value is -1.67.